The lowest BCUT2D eigenvalue weighted by Gasteiger charge is -2.57. The molecular weight excluding hydrogens is 324 g/mol. The highest BCUT2D eigenvalue weighted by molar-refractivity contribution is 5.95. The van der Waals surface area contributed by atoms with E-state index in [1.54, 1.807) is 11.9 Å². The average Bonchev–Trinajstić information content (AvgIpc) is 3.10. The van der Waals surface area contributed by atoms with Crippen LogP contribution in [-0.4, -0.2) is 46.6 Å². The minimum Gasteiger partial charge on any atom is -0.502 e. The van der Waals surface area contributed by atoms with E-state index in [-0.39, 0.29) is 29.0 Å². The number of aromatic hydroxyl groups is 1. The van der Waals surface area contributed by atoms with Gasteiger partial charge in [0.05, 0.1) is 11.0 Å². The molecule has 0 aliphatic heterocycles. The molecule has 136 valence electrons. The first kappa shape index (κ1) is 17.7. The van der Waals surface area contributed by atoms with Gasteiger partial charge < -0.3 is 14.7 Å². The quantitative estimate of drug-likeness (QED) is 0.652. The zero-order chi connectivity index (χ0) is 18.2. The average molecular weight is 348 g/mol. The maximum Gasteiger partial charge on any atom is 0.311 e. The van der Waals surface area contributed by atoms with Gasteiger partial charge in [0.2, 0.25) is 0 Å². The van der Waals surface area contributed by atoms with Crippen LogP contribution in [0.2, 0.25) is 0 Å². The van der Waals surface area contributed by atoms with Crippen LogP contribution in [0.1, 0.15) is 49.4 Å². The summed E-state index contributed by atoms with van der Waals surface area (Å²) in [6, 6.07) is 3.87. The van der Waals surface area contributed by atoms with Crippen molar-refractivity contribution in [2.75, 3.05) is 13.7 Å². The SMILES string of the molecule is CCO[C@H]1C[C@H](N(C)C(=O)c2ccc(O)c([N+](=O)[O-])c2)C12CCCC2. The molecule has 0 radical (unpaired) electrons. The second-order valence-electron chi connectivity index (χ2n) is 7.01. The molecule has 0 saturated heterocycles. The van der Waals surface area contributed by atoms with Crippen molar-refractivity contribution >= 4 is 11.6 Å². The summed E-state index contributed by atoms with van der Waals surface area (Å²) in [5, 5.41) is 20.6. The molecule has 0 heterocycles. The summed E-state index contributed by atoms with van der Waals surface area (Å²) in [5.41, 5.74) is -0.209. The monoisotopic (exact) mass is 348 g/mol. The summed E-state index contributed by atoms with van der Waals surface area (Å²) < 4.78 is 5.89. The molecule has 7 heteroatoms. The van der Waals surface area contributed by atoms with Gasteiger partial charge in [0, 0.05) is 36.7 Å². The highest BCUT2D eigenvalue weighted by atomic mass is 16.6. The summed E-state index contributed by atoms with van der Waals surface area (Å²) in [6.07, 6.45) is 5.38. The zero-order valence-electron chi connectivity index (χ0n) is 14.6. The van der Waals surface area contributed by atoms with Crippen LogP contribution in [0.15, 0.2) is 18.2 Å². The van der Waals surface area contributed by atoms with E-state index < -0.39 is 16.4 Å². The molecule has 2 aliphatic carbocycles. The lowest BCUT2D eigenvalue weighted by molar-refractivity contribution is -0.385. The molecule has 0 unspecified atom stereocenters. The van der Waals surface area contributed by atoms with E-state index in [0.29, 0.717) is 6.61 Å². The third kappa shape index (κ3) is 2.86. The fraction of sp³-hybridized carbons (Fsp3) is 0.611. The molecular formula is C18H24N2O5. The highest BCUT2D eigenvalue weighted by Crippen LogP contribution is 2.56. The Bertz CT molecular complexity index is 684. The van der Waals surface area contributed by atoms with E-state index in [1.165, 1.54) is 12.1 Å². The minimum absolute atomic E-state index is 0.0171. The standard InChI is InChI=1S/C18H24N2O5/c1-3-25-16-11-15(18(16)8-4-5-9-18)19(2)17(22)12-6-7-14(21)13(10-12)20(23)24/h6-7,10,15-16,21H,3-5,8-9,11H2,1-2H3/t15-,16-/m0/s1. The Balaban J connectivity index is 1.81. The number of rotatable bonds is 5. The molecule has 1 spiro atoms. The number of ether oxygens (including phenoxy) is 1. The van der Waals surface area contributed by atoms with E-state index in [2.05, 4.69) is 0 Å². The summed E-state index contributed by atoms with van der Waals surface area (Å²) in [4.78, 5) is 24.9. The highest BCUT2D eigenvalue weighted by Gasteiger charge is 2.58. The van der Waals surface area contributed by atoms with Crippen LogP contribution in [0, 0.1) is 15.5 Å². The van der Waals surface area contributed by atoms with Gasteiger partial charge in [-0.25, -0.2) is 0 Å². The van der Waals surface area contributed by atoms with Crippen molar-refractivity contribution in [3.05, 3.63) is 33.9 Å². The number of nitro groups is 1. The Labute approximate surface area is 146 Å². The van der Waals surface area contributed by atoms with Gasteiger partial charge in [-0.05, 0) is 38.3 Å². The van der Waals surface area contributed by atoms with Gasteiger partial charge in [-0.15, -0.1) is 0 Å². The Hall–Kier alpha value is -2.15. The molecule has 1 aromatic rings. The van der Waals surface area contributed by atoms with Gasteiger partial charge >= 0.3 is 5.69 Å². The van der Waals surface area contributed by atoms with Crippen molar-refractivity contribution in [2.45, 2.75) is 51.2 Å². The van der Waals surface area contributed by atoms with Crippen LogP contribution in [0.4, 0.5) is 5.69 Å². The number of benzene rings is 1. The van der Waals surface area contributed by atoms with Crippen molar-refractivity contribution in [2.24, 2.45) is 5.41 Å². The Morgan fingerprint density at radius 1 is 1.44 bits per heavy atom. The lowest BCUT2D eigenvalue weighted by Crippen LogP contribution is -2.64. The van der Waals surface area contributed by atoms with E-state index in [0.717, 1.165) is 38.2 Å². The molecule has 1 N–H and O–H groups in total. The van der Waals surface area contributed by atoms with Crippen LogP contribution in [0.5, 0.6) is 5.75 Å². The summed E-state index contributed by atoms with van der Waals surface area (Å²) in [5.74, 6) is -0.689. The normalized spacial score (nSPS) is 24.1. The first-order valence-corrected chi connectivity index (χ1v) is 8.77. The van der Waals surface area contributed by atoms with Gasteiger partial charge in [-0.3, -0.25) is 14.9 Å². The molecule has 2 aliphatic rings. The van der Waals surface area contributed by atoms with Crippen molar-refractivity contribution in [1.29, 1.82) is 0 Å². The molecule has 2 saturated carbocycles. The van der Waals surface area contributed by atoms with Crippen LogP contribution in [0.25, 0.3) is 0 Å². The van der Waals surface area contributed by atoms with E-state index in [4.69, 9.17) is 4.74 Å². The molecule has 2 atom stereocenters. The molecule has 7 nitrogen and oxygen atoms in total. The number of nitrogens with zero attached hydrogens (tertiary/aromatic N) is 2. The molecule has 3 rings (SSSR count). The fourth-order valence-corrected chi connectivity index (χ4v) is 4.54. The molecule has 2 fully saturated rings. The number of carbonyl (C=O) groups is 1. The number of carbonyl (C=O) groups excluding carboxylic acids is 1. The van der Waals surface area contributed by atoms with Crippen molar-refractivity contribution < 1.29 is 19.6 Å². The predicted octanol–water partition coefficient (Wildman–Crippen LogP) is 3.11. The van der Waals surface area contributed by atoms with Gasteiger partial charge in [0.1, 0.15) is 0 Å². The molecule has 1 amide bonds. The van der Waals surface area contributed by atoms with Crippen molar-refractivity contribution in [3.8, 4) is 5.75 Å². The van der Waals surface area contributed by atoms with Crippen LogP contribution >= 0.6 is 0 Å². The number of amides is 1. The van der Waals surface area contributed by atoms with Crippen LogP contribution < -0.4 is 0 Å². The third-order valence-corrected chi connectivity index (χ3v) is 5.85. The molecule has 0 bridgehead atoms. The summed E-state index contributed by atoms with van der Waals surface area (Å²) in [6.45, 7) is 2.65. The largest absolute Gasteiger partial charge is 0.502 e. The first-order valence-electron chi connectivity index (χ1n) is 8.77. The summed E-state index contributed by atoms with van der Waals surface area (Å²) >= 11 is 0. The van der Waals surface area contributed by atoms with E-state index in [9.17, 15) is 20.0 Å². The Morgan fingerprint density at radius 2 is 2.12 bits per heavy atom. The number of phenolic OH excluding ortho intramolecular Hbond substituents is 1. The molecule has 1 aromatic carbocycles. The zero-order valence-corrected chi connectivity index (χ0v) is 14.6. The summed E-state index contributed by atoms with van der Waals surface area (Å²) in [7, 11) is 1.76. The van der Waals surface area contributed by atoms with Crippen molar-refractivity contribution in [3.63, 3.8) is 0 Å². The first-order chi connectivity index (χ1) is 11.9. The number of hydrogen-bond donors (Lipinski definition) is 1. The fourth-order valence-electron chi connectivity index (χ4n) is 4.54. The third-order valence-electron chi connectivity index (χ3n) is 5.85. The van der Waals surface area contributed by atoms with Crippen LogP contribution in [-0.2, 0) is 4.74 Å². The minimum atomic E-state index is -0.682. The van der Waals surface area contributed by atoms with Gasteiger partial charge in [-0.1, -0.05) is 12.8 Å². The second-order valence-corrected chi connectivity index (χ2v) is 7.01. The van der Waals surface area contributed by atoms with Crippen LogP contribution in [0.3, 0.4) is 0 Å². The smallest absolute Gasteiger partial charge is 0.311 e. The topological polar surface area (TPSA) is 92.9 Å². The number of nitro benzene ring substituents is 1. The Morgan fingerprint density at radius 3 is 2.72 bits per heavy atom. The van der Waals surface area contributed by atoms with E-state index in [1.807, 2.05) is 6.92 Å². The van der Waals surface area contributed by atoms with Crippen molar-refractivity contribution in [1.82, 2.24) is 4.90 Å². The maximum atomic E-state index is 12.9. The number of hydrogen-bond acceptors (Lipinski definition) is 5. The van der Waals surface area contributed by atoms with Gasteiger partial charge in [0.15, 0.2) is 5.75 Å². The number of phenols is 1. The molecule has 25 heavy (non-hydrogen) atoms. The second kappa shape index (κ2) is 6.63. The predicted molar refractivity (Wildman–Crippen MR) is 91.6 cm³/mol. The van der Waals surface area contributed by atoms with Gasteiger partial charge in [-0.2, -0.15) is 0 Å². The maximum absolute atomic E-state index is 12.9. The Kier molecular flexibility index (Phi) is 4.69. The van der Waals surface area contributed by atoms with E-state index >= 15 is 0 Å². The van der Waals surface area contributed by atoms with Gasteiger partial charge in [0.25, 0.3) is 5.91 Å². The molecule has 0 aromatic heterocycles. The lowest BCUT2D eigenvalue weighted by atomic mass is 9.60.